The molecule has 0 aliphatic heterocycles. The van der Waals surface area contributed by atoms with Gasteiger partial charge in [-0.2, -0.15) is 0 Å². The number of pyridine rings is 1. The summed E-state index contributed by atoms with van der Waals surface area (Å²) in [4.78, 5) is 4.18. The lowest BCUT2D eigenvalue weighted by atomic mass is 10.2. The Labute approximate surface area is 82.4 Å². The number of halogens is 1. The molecule has 0 amide bonds. The standard InChI is InChI=1S/C9H7N.ClH.2H2O/c1-2-6-9-8(4-1)5-3-7-10-9;;;/h1-7H;1H;2*1H2. The number of para-hydroxylation sites is 1. The Morgan fingerprint density at radius 2 is 1.46 bits per heavy atom. The van der Waals surface area contributed by atoms with Crippen LogP contribution in [0, 0.1) is 0 Å². The van der Waals surface area contributed by atoms with E-state index in [1.165, 1.54) is 5.39 Å². The molecule has 72 valence electrons. The fourth-order valence-corrected chi connectivity index (χ4v) is 1.02. The second kappa shape index (κ2) is 6.37. The third-order valence-electron chi connectivity index (χ3n) is 1.51. The summed E-state index contributed by atoms with van der Waals surface area (Å²) < 4.78 is 0. The Balaban J connectivity index is 0. The van der Waals surface area contributed by atoms with Crippen molar-refractivity contribution in [3.63, 3.8) is 0 Å². The maximum atomic E-state index is 4.18. The van der Waals surface area contributed by atoms with E-state index >= 15 is 0 Å². The number of hydrogen-bond acceptors (Lipinski definition) is 1. The van der Waals surface area contributed by atoms with E-state index in [0.29, 0.717) is 0 Å². The van der Waals surface area contributed by atoms with Crippen LogP contribution in [-0.4, -0.2) is 15.9 Å². The SMILES string of the molecule is Cl.O.O.c1ccc2ncccc2c1. The monoisotopic (exact) mass is 201 g/mol. The van der Waals surface area contributed by atoms with Crippen molar-refractivity contribution in [3.8, 4) is 0 Å². The molecular formula is C9H12ClNO2. The molecule has 1 aromatic carbocycles. The third kappa shape index (κ3) is 2.99. The van der Waals surface area contributed by atoms with Gasteiger partial charge >= 0.3 is 0 Å². The van der Waals surface area contributed by atoms with Crippen LogP contribution in [0.1, 0.15) is 0 Å². The molecule has 13 heavy (non-hydrogen) atoms. The van der Waals surface area contributed by atoms with Gasteiger partial charge in [-0.3, -0.25) is 4.98 Å². The lowest BCUT2D eigenvalue weighted by Gasteiger charge is -1.91. The topological polar surface area (TPSA) is 75.9 Å². The van der Waals surface area contributed by atoms with Crippen LogP contribution < -0.4 is 0 Å². The van der Waals surface area contributed by atoms with E-state index in [1.807, 2.05) is 30.5 Å². The van der Waals surface area contributed by atoms with Crippen molar-refractivity contribution in [3.05, 3.63) is 42.6 Å². The quantitative estimate of drug-likeness (QED) is 0.627. The minimum atomic E-state index is 0. The van der Waals surface area contributed by atoms with E-state index in [4.69, 9.17) is 0 Å². The smallest absolute Gasteiger partial charge is 0.0701 e. The van der Waals surface area contributed by atoms with Crippen LogP contribution in [0.25, 0.3) is 10.9 Å². The Morgan fingerprint density at radius 3 is 2.15 bits per heavy atom. The van der Waals surface area contributed by atoms with Gasteiger partial charge in [0.1, 0.15) is 0 Å². The molecule has 3 nitrogen and oxygen atoms in total. The van der Waals surface area contributed by atoms with Gasteiger partial charge in [0.05, 0.1) is 5.52 Å². The fourth-order valence-electron chi connectivity index (χ4n) is 1.02. The molecule has 4 N–H and O–H groups in total. The molecule has 0 aliphatic rings. The maximum absolute atomic E-state index is 4.18. The normalized spacial score (nSPS) is 7.69. The number of rotatable bonds is 0. The van der Waals surface area contributed by atoms with E-state index in [0.717, 1.165) is 5.52 Å². The molecule has 4 heteroatoms. The largest absolute Gasteiger partial charge is 0.412 e. The van der Waals surface area contributed by atoms with Crippen LogP contribution in [0.4, 0.5) is 0 Å². The van der Waals surface area contributed by atoms with Crippen LogP contribution in [-0.2, 0) is 0 Å². The predicted molar refractivity (Wildman–Crippen MR) is 56.2 cm³/mol. The molecule has 0 atom stereocenters. The van der Waals surface area contributed by atoms with Gasteiger partial charge in [0.15, 0.2) is 0 Å². The van der Waals surface area contributed by atoms with Crippen molar-refractivity contribution in [1.29, 1.82) is 0 Å². The Hall–Kier alpha value is -1.16. The molecule has 0 aliphatic carbocycles. The first-order valence-corrected chi connectivity index (χ1v) is 3.26. The molecule has 0 radical (unpaired) electrons. The highest BCUT2D eigenvalue weighted by Crippen LogP contribution is 2.07. The van der Waals surface area contributed by atoms with E-state index in [9.17, 15) is 0 Å². The maximum Gasteiger partial charge on any atom is 0.0701 e. The molecule has 1 heterocycles. The molecule has 0 saturated heterocycles. The van der Waals surface area contributed by atoms with Crippen molar-refractivity contribution >= 4 is 23.3 Å². The summed E-state index contributed by atoms with van der Waals surface area (Å²) in [5.41, 5.74) is 1.06. The van der Waals surface area contributed by atoms with E-state index in [2.05, 4.69) is 17.1 Å². The second-order valence-electron chi connectivity index (χ2n) is 2.20. The second-order valence-corrected chi connectivity index (χ2v) is 2.20. The van der Waals surface area contributed by atoms with Crippen LogP contribution in [0.3, 0.4) is 0 Å². The average molecular weight is 202 g/mol. The molecule has 2 aromatic rings. The number of hydrogen-bond donors (Lipinski definition) is 0. The van der Waals surface area contributed by atoms with Gasteiger partial charge in [0.2, 0.25) is 0 Å². The highest BCUT2D eigenvalue weighted by atomic mass is 35.5. The van der Waals surface area contributed by atoms with E-state index in [-0.39, 0.29) is 23.4 Å². The zero-order chi connectivity index (χ0) is 6.81. The zero-order valence-electron chi connectivity index (χ0n) is 6.90. The summed E-state index contributed by atoms with van der Waals surface area (Å²) in [6.45, 7) is 0. The Morgan fingerprint density at radius 1 is 0.846 bits per heavy atom. The van der Waals surface area contributed by atoms with Gasteiger partial charge in [0, 0.05) is 11.6 Å². The molecule has 1 aromatic heterocycles. The summed E-state index contributed by atoms with van der Waals surface area (Å²) in [5, 5.41) is 1.20. The lowest BCUT2D eigenvalue weighted by molar-refractivity contribution is 0.823. The molecule has 0 spiro atoms. The minimum absolute atomic E-state index is 0. The molecule has 0 fully saturated rings. The molecule has 2 rings (SSSR count). The summed E-state index contributed by atoms with van der Waals surface area (Å²) in [6, 6.07) is 12.1. The highest BCUT2D eigenvalue weighted by Gasteiger charge is 1.86. The van der Waals surface area contributed by atoms with Crippen LogP contribution in [0.15, 0.2) is 42.6 Å². The Kier molecular flexibility index (Phi) is 7.04. The average Bonchev–Trinajstić information content (AvgIpc) is 2.05. The number of aromatic nitrogens is 1. The first-order valence-electron chi connectivity index (χ1n) is 3.26. The first-order chi connectivity index (χ1) is 4.97. The summed E-state index contributed by atoms with van der Waals surface area (Å²) in [5.74, 6) is 0. The van der Waals surface area contributed by atoms with Gasteiger partial charge in [-0.25, -0.2) is 0 Å². The zero-order valence-corrected chi connectivity index (χ0v) is 7.71. The van der Waals surface area contributed by atoms with E-state index < -0.39 is 0 Å². The van der Waals surface area contributed by atoms with Crippen LogP contribution in [0.5, 0.6) is 0 Å². The lowest BCUT2D eigenvalue weighted by Crippen LogP contribution is -1.73. The number of fused-ring (bicyclic) bond motifs is 1. The van der Waals surface area contributed by atoms with Crippen molar-refractivity contribution in [1.82, 2.24) is 4.98 Å². The molecule has 0 bridgehead atoms. The van der Waals surface area contributed by atoms with Crippen molar-refractivity contribution in [2.75, 3.05) is 0 Å². The van der Waals surface area contributed by atoms with Crippen LogP contribution in [0.2, 0.25) is 0 Å². The molecule has 0 unspecified atom stereocenters. The summed E-state index contributed by atoms with van der Waals surface area (Å²) in [6.07, 6.45) is 1.81. The molecular weight excluding hydrogens is 190 g/mol. The van der Waals surface area contributed by atoms with E-state index in [1.54, 1.807) is 0 Å². The van der Waals surface area contributed by atoms with Gasteiger partial charge in [-0.1, -0.05) is 24.3 Å². The highest BCUT2D eigenvalue weighted by molar-refractivity contribution is 5.85. The summed E-state index contributed by atoms with van der Waals surface area (Å²) in [7, 11) is 0. The number of benzene rings is 1. The summed E-state index contributed by atoms with van der Waals surface area (Å²) >= 11 is 0. The number of nitrogens with zero attached hydrogens (tertiary/aromatic N) is 1. The molecule has 0 saturated carbocycles. The van der Waals surface area contributed by atoms with Crippen molar-refractivity contribution in [2.24, 2.45) is 0 Å². The van der Waals surface area contributed by atoms with Gasteiger partial charge < -0.3 is 11.0 Å². The van der Waals surface area contributed by atoms with Crippen molar-refractivity contribution in [2.45, 2.75) is 0 Å². The van der Waals surface area contributed by atoms with Crippen molar-refractivity contribution < 1.29 is 11.0 Å². The minimum Gasteiger partial charge on any atom is -0.412 e. The third-order valence-corrected chi connectivity index (χ3v) is 1.51. The predicted octanol–water partition coefficient (Wildman–Crippen LogP) is 1.01. The first kappa shape index (κ1) is 14.4. The Bertz CT molecular complexity index is 289. The fraction of sp³-hybridized carbons (Fsp3) is 0. The van der Waals surface area contributed by atoms with Crippen LogP contribution >= 0.6 is 12.4 Å². The van der Waals surface area contributed by atoms with Gasteiger partial charge in [-0.15, -0.1) is 12.4 Å². The van der Waals surface area contributed by atoms with Gasteiger partial charge in [-0.05, 0) is 12.1 Å². The van der Waals surface area contributed by atoms with Gasteiger partial charge in [0.25, 0.3) is 0 Å².